The van der Waals surface area contributed by atoms with E-state index in [1.807, 2.05) is 21.1 Å². The average molecular weight is 1240 g/mol. The van der Waals surface area contributed by atoms with Crippen molar-refractivity contribution in [1.82, 2.24) is 0 Å². The van der Waals surface area contributed by atoms with Crippen LogP contribution in [0.1, 0.15) is 296 Å². The standard InChI is InChI=1S/C80H135NO8/c1-6-8-10-12-14-16-18-20-22-24-26-28-30-32-34-35-36-37-38-39-40-41-42-43-45-47-49-51-53-55-57-59-61-63-65-67-69-71-78(83)89-76(75-88-80(79(84)85)86-73-72-81(3,4)5)74-87-77(82)70-68-66-64-62-60-58-56-54-52-50-48-46-44-33-31-29-27-25-23-21-19-17-15-13-11-9-7-2/h8-11,14-17,20-23,26-29,32-34,36-37,44,76,80H,6-7,12-13,18-19,24-25,30-31,35,38-43,45-75H2,1-5H3/p+1/b10-8-,11-9-,16-14-,17-15-,22-20-,23-21-,28-26-,29-27-,34-32-,37-36-,44-33-. The minimum atomic E-state index is -1.52. The van der Waals surface area contributed by atoms with Gasteiger partial charge in [-0.25, -0.2) is 4.79 Å². The quantitative estimate of drug-likeness (QED) is 0.0211. The first-order chi connectivity index (χ1) is 43.6. The number of carboxylic acid groups (broad SMARTS) is 1. The summed E-state index contributed by atoms with van der Waals surface area (Å²) < 4.78 is 23.0. The van der Waals surface area contributed by atoms with Crippen LogP contribution in [0.25, 0.3) is 0 Å². The third-order valence-electron chi connectivity index (χ3n) is 15.4. The van der Waals surface area contributed by atoms with Gasteiger partial charge in [-0.15, -0.1) is 0 Å². The van der Waals surface area contributed by atoms with Crippen LogP contribution in [0.15, 0.2) is 134 Å². The number of quaternary nitrogens is 1. The number of unbranched alkanes of at least 4 members (excludes halogenated alkanes) is 29. The molecule has 0 radical (unpaired) electrons. The number of ether oxygens (including phenoxy) is 4. The van der Waals surface area contributed by atoms with Crippen molar-refractivity contribution in [2.24, 2.45) is 0 Å². The van der Waals surface area contributed by atoms with Crippen LogP contribution in [0, 0.1) is 0 Å². The van der Waals surface area contributed by atoms with Crippen LogP contribution in [0.2, 0.25) is 0 Å². The van der Waals surface area contributed by atoms with Crippen molar-refractivity contribution in [3.05, 3.63) is 134 Å². The fourth-order valence-electron chi connectivity index (χ4n) is 9.93. The number of nitrogens with zero attached hydrogens (tertiary/aromatic N) is 1. The number of carbonyl (C=O) groups excluding carboxylic acids is 2. The van der Waals surface area contributed by atoms with E-state index in [1.165, 1.54) is 161 Å². The Morgan fingerprint density at radius 1 is 0.337 bits per heavy atom. The number of rotatable bonds is 66. The highest BCUT2D eigenvalue weighted by Crippen LogP contribution is 2.17. The van der Waals surface area contributed by atoms with Gasteiger partial charge in [0.2, 0.25) is 0 Å². The molecule has 89 heavy (non-hydrogen) atoms. The van der Waals surface area contributed by atoms with Crippen LogP contribution < -0.4 is 0 Å². The molecule has 0 aromatic heterocycles. The Bertz CT molecular complexity index is 1930. The molecule has 0 saturated heterocycles. The molecule has 0 aromatic carbocycles. The van der Waals surface area contributed by atoms with Crippen molar-refractivity contribution >= 4 is 17.9 Å². The molecular formula is C80H136NO8+. The van der Waals surface area contributed by atoms with E-state index in [-0.39, 0.29) is 32.2 Å². The van der Waals surface area contributed by atoms with Crippen molar-refractivity contribution in [2.45, 2.75) is 309 Å². The SMILES string of the molecule is CC/C=C\C/C=C\C/C=C\C/C=C\C/C=C\C/C=C\CCCCCCCCCCCCCCCCCCCCC(=O)OC(COC(=O)CCCCCCCCCCCCC/C=C\C/C=C\C/C=C\C/C=C\C/C=C\CC)COC(OCC[N+](C)(C)C)C(=O)O. The highest BCUT2D eigenvalue weighted by molar-refractivity contribution is 5.71. The van der Waals surface area contributed by atoms with Gasteiger partial charge in [-0.05, 0) is 109 Å². The van der Waals surface area contributed by atoms with E-state index in [0.717, 1.165) is 109 Å². The molecule has 508 valence electrons. The monoisotopic (exact) mass is 1240 g/mol. The second-order valence-electron chi connectivity index (χ2n) is 25.1. The lowest BCUT2D eigenvalue weighted by molar-refractivity contribution is -0.870. The van der Waals surface area contributed by atoms with E-state index >= 15 is 0 Å². The Kier molecular flexibility index (Phi) is 65.8. The van der Waals surface area contributed by atoms with Crippen LogP contribution in [-0.2, 0) is 33.3 Å². The van der Waals surface area contributed by atoms with Crippen LogP contribution >= 0.6 is 0 Å². The molecule has 0 fully saturated rings. The molecule has 0 aliphatic heterocycles. The number of carboxylic acids is 1. The molecular weight excluding hydrogens is 1100 g/mol. The molecule has 2 atom stereocenters. The number of aliphatic carboxylic acids is 1. The number of carbonyl (C=O) groups is 3. The van der Waals surface area contributed by atoms with Crippen LogP contribution in [0.3, 0.4) is 0 Å². The molecule has 2 unspecified atom stereocenters. The molecule has 0 aliphatic carbocycles. The first-order valence-electron chi connectivity index (χ1n) is 36.3. The maximum atomic E-state index is 13.0. The third kappa shape index (κ3) is 70.7. The van der Waals surface area contributed by atoms with Gasteiger partial charge in [0.25, 0.3) is 6.29 Å². The van der Waals surface area contributed by atoms with Gasteiger partial charge in [-0.3, -0.25) is 9.59 Å². The predicted octanol–water partition coefficient (Wildman–Crippen LogP) is 22.9. The lowest BCUT2D eigenvalue weighted by Gasteiger charge is -2.25. The Labute approximate surface area is 548 Å². The van der Waals surface area contributed by atoms with E-state index in [0.29, 0.717) is 17.4 Å². The number of likely N-dealkylation sites (N-methyl/N-ethyl adjacent to an activating group) is 1. The van der Waals surface area contributed by atoms with Gasteiger partial charge < -0.3 is 28.5 Å². The van der Waals surface area contributed by atoms with Gasteiger partial charge in [0.15, 0.2) is 6.10 Å². The zero-order valence-electron chi connectivity index (χ0n) is 58.0. The fraction of sp³-hybridized carbons (Fsp3) is 0.688. The normalized spacial score (nSPS) is 13.5. The molecule has 0 heterocycles. The van der Waals surface area contributed by atoms with Crippen LogP contribution in [0.4, 0.5) is 0 Å². The van der Waals surface area contributed by atoms with Gasteiger partial charge in [0.05, 0.1) is 34.4 Å². The van der Waals surface area contributed by atoms with E-state index in [2.05, 4.69) is 148 Å². The highest BCUT2D eigenvalue weighted by Gasteiger charge is 2.25. The van der Waals surface area contributed by atoms with Crippen molar-refractivity contribution in [1.29, 1.82) is 0 Å². The average Bonchev–Trinajstić information content (AvgIpc) is 3.70. The zero-order valence-corrected chi connectivity index (χ0v) is 58.0. The molecule has 9 heteroatoms. The lowest BCUT2D eigenvalue weighted by atomic mass is 10.0. The minimum absolute atomic E-state index is 0.183. The van der Waals surface area contributed by atoms with Gasteiger partial charge >= 0.3 is 17.9 Å². The Hall–Kier alpha value is -4.57. The van der Waals surface area contributed by atoms with Gasteiger partial charge in [0, 0.05) is 12.8 Å². The Morgan fingerprint density at radius 2 is 0.607 bits per heavy atom. The summed E-state index contributed by atoms with van der Waals surface area (Å²) in [7, 11) is 5.98. The predicted molar refractivity (Wildman–Crippen MR) is 382 cm³/mol. The minimum Gasteiger partial charge on any atom is -0.477 e. The Morgan fingerprint density at radius 3 is 0.899 bits per heavy atom. The van der Waals surface area contributed by atoms with Gasteiger partial charge in [-0.1, -0.05) is 308 Å². The van der Waals surface area contributed by atoms with E-state index in [9.17, 15) is 19.5 Å². The largest absolute Gasteiger partial charge is 0.477 e. The molecule has 9 nitrogen and oxygen atoms in total. The topological polar surface area (TPSA) is 108 Å². The summed E-state index contributed by atoms with van der Waals surface area (Å²) in [6.07, 6.45) is 97.1. The number of hydrogen-bond donors (Lipinski definition) is 1. The summed E-state index contributed by atoms with van der Waals surface area (Å²) in [4.78, 5) is 37.7. The molecule has 0 rings (SSSR count). The molecule has 0 saturated carbocycles. The van der Waals surface area contributed by atoms with Crippen molar-refractivity contribution < 1.29 is 42.9 Å². The molecule has 0 amide bonds. The van der Waals surface area contributed by atoms with Crippen molar-refractivity contribution in [2.75, 3.05) is 47.5 Å². The molecule has 0 aliphatic rings. The van der Waals surface area contributed by atoms with Crippen LogP contribution in [0.5, 0.6) is 0 Å². The van der Waals surface area contributed by atoms with Gasteiger partial charge in [-0.2, -0.15) is 0 Å². The zero-order chi connectivity index (χ0) is 64.7. The summed E-state index contributed by atoms with van der Waals surface area (Å²) in [5.74, 6) is -2.01. The summed E-state index contributed by atoms with van der Waals surface area (Å²) >= 11 is 0. The highest BCUT2D eigenvalue weighted by atomic mass is 16.7. The maximum Gasteiger partial charge on any atom is 0.361 e. The molecule has 0 bridgehead atoms. The molecule has 0 spiro atoms. The summed E-state index contributed by atoms with van der Waals surface area (Å²) in [6.45, 7) is 4.66. The summed E-state index contributed by atoms with van der Waals surface area (Å²) in [5, 5.41) is 9.76. The van der Waals surface area contributed by atoms with Crippen molar-refractivity contribution in [3.8, 4) is 0 Å². The molecule has 0 aromatic rings. The second-order valence-corrected chi connectivity index (χ2v) is 25.1. The maximum absolute atomic E-state index is 13.0. The first-order valence-corrected chi connectivity index (χ1v) is 36.3. The lowest BCUT2D eigenvalue weighted by Crippen LogP contribution is -2.40. The van der Waals surface area contributed by atoms with E-state index < -0.39 is 24.3 Å². The number of allylic oxidation sites excluding steroid dienone is 22. The third-order valence-corrected chi connectivity index (χ3v) is 15.4. The van der Waals surface area contributed by atoms with E-state index in [4.69, 9.17) is 18.9 Å². The fourth-order valence-corrected chi connectivity index (χ4v) is 9.93. The van der Waals surface area contributed by atoms with Crippen molar-refractivity contribution in [3.63, 3.8) is 0 Å². The summed E-state index contributed by atoms with van der Waals surface area (Å²) in [5.41, 5.74) is 0. The van der Waals surface area contributed by atoms with Gasteiger partial charge in [0.1, 0.15) is 13.2 Å². The second kappa shape index (κ2) is 69.3. The number of esters is 2. The summed E-state index contributed by atoms with van der Waals surface area (Å²) in [6, 6.07) is 0. The first kappa shape index (κ1) is 84.4. The molecule has 1 N–H and O–H groups in total. The van der Waals surface area contributed by atoms with E-state index in [1.54, 1.807) is 0 Å². The smallest absolute Gasteiger partial charge is 0.361 e. The van der Waals surface area contributed by atoms with Crippen LogP contribution in [-0.4, -0.2) is 87.4 Å². The number of hydrogen-bond acceptors (Lipinski definition) is 7. The Balaban J connectivity index is 4.09.